The first kappa shape index (κ1) is 29.7. The molecule has 0 aliphatic heterocycles. The van der Waals surface area contributed by atoms with Gasteiger partial charge in [0, 0.05) is 40.5 Å². The maximum Gasteiger partial charge on any atom is 0.304 e. The van der Waals surface area contributed by atoms with Crippen molar-refractivity contribution >= 4 is 101 Å². The summed E-state index contributed by atoms with van der Waals surface area (Å²) in [5, 5.41) is 0. The summed E-state index contributed by atoms with van der Waals surface area (Å²) in [5.41, 5.74) is 0. The van der Waals surface area contributed by atoms with Gasteiger partial charge in [0.15, 0.2) is 0 Å². The van der Waals surface area contributed by atoms with E-state index in [0.717, 1.165) is 0 Å². The lowest BCUT2D eigenvalue weighted by Gasteiger charge is -1.83. The van der Waals surface area contributed by atoms with Gasteiger partial charge in [0.2, 0.25) is 0 Å². The summed E-state index contributed by atoms with van der Waals surface area (Å²) < 4.78 is 19.0. The molecule has 82 valence electrons. The zero-order valence-corrected chi connectivity index (χ0v) is 13.4. The Kier molecular flexibility index (Phi) is 29.4. The predicted octanol–water partition coefficient (Wildman–Crippen LogP) is 3.84. The van der Waals surface area contributed by atoms with E-state index in [1.165, 1.54) is 0 Å². The summed E-state index contributed by atoms with van der Waals surface area (Å²) in [6.07, 6.45) is 0. The Morgan fingerprint density at radius 3 is 0.692 bits per heavy atom. The highest BCUT2D eigenvalue weighted by Crippen LogP contribution is 2.50. The molecule has 0 aromatic carbocycles. The van der Waals surface area contributed by atoms with Crippen molar-refractivity contribution in [3.05, 3.63) is 0 Å². The number of thiol groups is 4. The van der Waals surface area contributed by atoms with Gasteiger partial charge in [-0.15, -0.1) is 0 Å². The van der Waals surface area contributed by atoms with Crippen LogP contribution < -0.4 is 0 Å². The van der Waals surface area contributed by atoms with Crippen molar-refractivity contribution in [2.45, 2.75) is 0 Å². The van der Waals surface area contributed by atoms with Gasteiger partial charge in [0.1, 0.15) is 0 Å². The molecule has 13 heteroatoms. The zero-order valence-electron chi connectivity index (χ0n) is 5.62. The largest absolute Gasteiger partial charge is 0.330 e. The van der Waals surface area contributed by atoms with Crippen LogP contribution in [-0.2, 0) is 9.13 Å². The molecule has 0 unspecified atom stereocenters. The first-order chi connectivity index (χ1) is 4.00. The van der Waals surface area contributed by atoms with Gasteiger partial charge in [-0.1, -0.05) is 49.0 Å². The van der Waals surface area contributed by atoms with Crippen molar-refractivity contribution in [3.8, 4) is 0 Å². The Morgan fingerprint density at radius 1 is 0.692 bits per heavy atom. The fraction of sp³-hybridized carbons (Fsp3) is 0. The molecular formula is H6O4P2S7. The summed E-state index contributed by atoms with van der Waals surface area (Å²) in [7, 11) is 0. The SMILES string of the molecule is O=P(O)(S)S.O=P(O)(S)S.[S].[S].[S]. The topological polar surface area (TPSA) is 74.6 Å². The lowest BCUT2D eigenvalue weighted by atomic mass is 15.9. The fourth-order valence-corrected chi connectivity index (χ4v) is 0. The van der Waals surface area contributed by atoms with E-state index < -0.39 is 11.5 Å². The van der Waals surface area contributed by atoms with E-state index in [0.29, 0.717) is 0 Å². The highest BCUT2D eigenvalue weighted by atomic mass is 33.1. The standard InChI is InChI=1S/2H3O2PS2.3S/c2*1-3(2,4)5;;;/h2*(H3,1,2,4,5);;;. The van der Waals surface area contributed by atoms with Gasteiger partial charge in [-0.05, 0) is 0 Å². The molecule has 0 spiro atoms. The molecule has 0 bridgehead atoms. The molecule has 0 rings (SSSR count). The number of rotatable bonds is 0. The van der Waals surface area contributed by atoms with E-state index in [1.54, 1.807) is 0 Å². The van der Waals surface area contributed by atoms with Crippen LogP contribution in [-0.4, -0.2) is 9.79 Å². The third-order valence-corrected chi connectivity index (χ3v) is 0. The van der Waals surface area contributed by atoms with Gasteiger partial charge in [-0.3, -0.25) is 9.13 Å². The maximum absolute atomic E-state index is 9.50. The van der Waals surface area contributed by atoms with Crippen LogP contribution in [0.2, 0.25) is 0 Å². The Balaban J connectivity index is -0.0000000267. The first-order valence-electron chi connectivity index (χ1n) is 1.57. The second-order valence-corrected chi connectivity index (χ2v) is 11.5. The summed E-state index contributed by atoms with van der Waals surface area (Å²) in [5.74, 6) is -6.50. The Bertz CT molecular complexity index is 131. The van der Waals surface area contributed by atoms with Crippen LogP contribution in [0.1, 0.15) is 0 Å². The monoisotopic (exact) mass is 356 g/mol. The zero-order chi connectivity index (χ0) is 9.00. The molecule has 13 heavy (non-hydrogen) atoms. The molecule has 0 aliphatic carbocycles. The van der Waals surface area contributed by atoms with Crippen molar-refractivity contribution in [1.82, 2.24) is 0 Å². The molecular weight excluding hydrogens is 350 g/mol. The number of hydrogen-bond acceptors (Lipinski definition) is 2. The lowest BCUT2D eigenvalue weighted by Crippen LogP contribution is -1.40. The second kappa shape index (κ2) is 12.9. The highest BCUT2D eigenvalue weighted by molar-refractivity contribution is 8.79. The van der Waals surface area contributed by atoms with Gasteiger partial charge in [-0.2, -0.15) is 0 Å². The second-order valence-electron chi connectivity index (χ2n) is 1.03. The number of hydrogen-bond donors (Lipinski definition) is 6. The van der Waals surface area contributed by atoms with Crippen molar-refractivity contribution in [2.24, 2.45) is 0 Å². The van der Waals surface area contributed by atoms with E-state index in [9.17, 15) is 9.13 Å². The van der Waals surface area contributed by atoms with Gasteiger partial charge in [-0.25, -0.2) is 0 Å². The van der Waals surface area contributed by atoms with Gasteiger partial charge < -0.3 is 9.79 Å². The molecule has 0 aromatic rings. The van der Waals surface area contributed by atoms with Crippen LogP contribution in [0.4, 0.5) is 0 Å². The minimum absolute atomic E-state index is 0. The Morgan fingerprint density at radius 2 is 0.692 bits per heavy atom. The normalized spacial score (nSPS) is 9.08. The third-order valence-electron chi connectivity index (χ3n) is 0. The van der Waals surface area contributed by atoms with Crippen LogP contribution in [0.3, 0.4) is 0 Å². The van der Waals surface area contributed by atoms with Crippen LogP contribution in [0, 0.1) is 0 Å². The van der Waals surface area contributed by atoms with E-state index in [2.05, 4.69) is 49.0 Å². The van der Waals surface area contributed by atoms with Crippen LogP contribution in [0.15, 0.2) is 0 Å². The first-order valence-corrected chi connectivity index (χ1v) is 9.50. The molecule has 0 amide bonds. The Hall–Kier alpha value is 2.83. The quantitative estimate of drug-likeness (QED) is 0.295. The molecule has 0 heterocycles. The molecule has 2 N–H and O–H groups in total. The van der Waals surface area contributed by atoms with E-state index in [-0.39, 0.29) is 40.5 Å². The van der Waals surface area contributed by atoms with E-state index >= 15 is 0 Å². The smallest absolute Gasteiger partial charge is 0.304 e. The van der Waals surface area contributed by atoms with E-state index in [1.807, 2.05) is 0 Å². The third kappa shape index (κ3) is 305. The molecule has 0 saturated carbocycles. The van der Waals surface area contributed by atoms with Crippen molar-refractivity contribution in [3.63, 3.8) is 0 Å². The summed E-state index contributed by atoms with van der Waals surface area (Å²) in [4.78, 5) is 15.6. The Labute approximate surface area is 119 Å². The van der Waals surface area contributed by atoms with Gasteiger partial charge in [0.25, 0.3) is 0 Å². The van der Waals surface area contributed by atoms with Crippen molar-refractivity contribution < 1.29 is 18.9 Å². The van der Waals surface area contributed by atoms with Crippen LogP contribution >= 0.6 is 101 Å². The highest BCUT2D eigenvalue weighted by Gasteiger charge is 1.96. The van der Waals surface area contributed by atoms with Crippen molar-refractivity contribution in [1.29, 1.82) is 0 Å². The molecule has 0 aromatic heterocycles. The van der Waals surface area contributed by atoms with Crippen molar-refractivity contribution in [2.75, 3.05) is 0 Å². The average Bonchev–Trinajstić information content (AvgIpc) is 1.12. The summed E-state index contributed by atoms with van der Waals surface area (Å²) in [6, 6.07) is 0. The van der Waals surface area contributed by atoms with Gasteiger partial charge >= 0.3 is 11.5 Å². The molecule has 0 saturated heterocycles. The predicted molar refractivity (Wildman–Crippen MR) is 78.4 cm³/mol. The van der Waals surface area contributed by atoms with Crippen LogP contribution in [0.5, 0.6) is 0 Å². The molecule has 0 fully saturated rings. The molecule has 6 radical (unpaired) electrons. The summed E-state index contributed by atoms with van der Waals surface area (Å²) in [6.45, 7) is 0. The maximum atomic E-state index is 9.50. The summed E-state index contributed by atoms with van der Waals surface area (Å²) >= 11 is 12.4. The van der Waals surface area contributed by atoms with E-state index in [4.69, 9.17) is 9.79 Å². The van der Waals surface area contributed by atoms with Gasteiger partial charge in [0.05, 0.1) is 0 Å². The minimum atomic E-state index is -3.25. The molecule has 4 nitrogen and oxygen atoms in total. The minimum Gasteiger partial charge on any atom is -0.330 e. The lowest BCUT2D eigenvalue weighted by molar-refractivity contribution is 0.513. The molecule has 0 aliphatic rings. The average molecular weight is 356 g/mol. The van der Waals surface area contributed by atoms with Crippen LogP contribution in [0.25, 0.3) is 0 Å². The fourth-order valence-electron chi connectivity index (χ4n) is 0. The molecule has 0 atom stereocenters.